The first-order chi connectivity index (χ1) is 9.54. The van der Waals surface area contributed by atoms with Crippen LogP contribution < -0.4 is 11.5 Å². The Morgan fingerprint density at radius 3 is 2.90 bits per heavy atom. The zero-order valence-electron chi connectivity index (χ0n) is 11.5. The van der Waals surface area contributed by atoms with E-state index in [-0.39, 0.29) is 11.8 Å². The highest BCUT2D eigenvalue weighted by molar-refractivity contribution is 7.98. The second kappa shape index (κ2) is 6.83. The second-order valence-corrected chi connectivity index (χ2v) is 6.94. The quantitative estimate of drug-likeness (QED) is 0.793. The van der Waals surface area contributed by atoms with Gasteiger partial charge < -0.3 is 11.5 Å². The van der Waals surface area contributed by atoms with Crippen LogP contribution in [0.25, 0.3) is 0 Å². The Labute approximate surface area is 129 Å². The largest absolute Gasteiger partial charge is 0.368 e. The van der Waals surface area contributed by atoms with Crippen LogP contribution in [0.4, 0.5) is 0 Å². The van der Waals surface area contributed by atoms with Gasteiger partial charge in [0.1, 0.15) is 0 Å². The number of halogens is 1. The normalized spacial score (nSPS) is 25.8. The van der Waals surface area contributed by atoms with E-state index in [1.165, 1.54) is 0 Å². The number of nitrogens with two attached hydrogens (primary N) is 2. The van der Waals surface area contributed by atoms with E-state index in [2.05, 4.69) is 0 Å². The van der Waals surface area contributed by atoms with E-state index in [1.807, 2.05) is 36.0 Å². The lowest BCUT2D eigenvalue weighted by Gasteiger charge is -2.27. The van der Waals surface area contributed by atoms with E-state index in [0.717, 1.165) is 47.8 Å². The van der Waals surface area contributed by atoms with Crippen molar-refractivity contribution in [3.05, 3.63) is 34.9 Å². The van der Waals surface area contributed by atoms with E-state index >= 15 is 0 Å². The highest BCUT2D eigenvalue weighted by Crippen LogP contribution is 2.37. The van der Waals surface area contributed by atoms with Crippen molar-refractivity contribution in [3.8, 4) is 0 Å². The monoisotopic (exact) mass is 312 g/mol. The van der Waals surface area contributed by atoms with E-state index in [1.54, 1.807) is 0 Å². The molecular weight excluding hydrogens is 292 g/mol. The Kier molecular flexibility index (Phi) is 5.35. The van der Waals surface area contributed by atoms with Crippen molar-refractivity contribution in [3.63, 3.8) is 0 Å². The average Bonchev–Trinajstić information content (AvgIpc) is 2.79. The lowest BCUT2D eigenvalue weighted by atomic mass is 9.85. The minimum absolute atomic E-state index is 0.221. The summed E-state index contributed by atoms with van der Waals surface area (Å²) in [5, 5.41) is 0.811. The van der Waals surface area contributed by atoms with Crippen LogP contribution >= 0.6 is 23.4 Å². The van der Waals surface area contributed by atoms with E-state index in [0.29, 0.717) is 0 Å². The summed E-state index contributed by atoms with van der Waals surface area (Å²) in [5.41, 5.74) is 12.0. The van der Waals surface area contributed by atoms with Crippen LogP contribution in [0.15, 0.2) is 24.3 Å². The Bertz CT molecular complexity index is 483. The Morgan fingerprint density at radius 2 is 2.20 bits per heavy atom. The van der Waals surface area contributed by atoms with Crippen LogP contribution in [0, 0.1) is 5.92 Å². The molecule has 0 aromatic heterocycles. The second-order valence-electron chi connectivity index (χ2n) is 5.43. The lowest BCUT2D eigenvalue weighted by Crippen LogP contribution is -2.54. The van der Waals surface area contributed by atoms with Crippen LogP contribution in [0.5, 0.6) is 0 Å². The molecule has 0 bridgehead atoms. The highest BCUT2D eigenvalue weighted by atomic mass is 35.5. The first-order valence-electron chi connectivity index (χ1n) is 6.94. The number of hydrogen-bond donors (Lipinski definition) is 2. The van der Waals surface area contributed by atoms with Gasteiger partial charge in [0.05, 0.1) is 5.54 Å². The summed E-state index contributed by atoms with van der Waals surface area (Å²) in [6.07, 6.45) is 3.67. The summed E-state index contributed by atoms with van der Waals surface area (Å²) in [4.78, 5) is 11.5. The Morgan fingerprint density at radius 1 is 1.45 bits per heavy atom. The molecule has 0 saturated heterocycles. The standard InChI is InChI=1S/C15H21ClN2OS/c16-13-6-2-1-4-11(13)10-20-9-7-12-5-3-8-15(12,18)14(17)19/h1-2,4,6,12H,3,5,7-10,18H2,(H2,17,19). The van der Waals surface area contributed by atoms with E-state index < -0.39 is 5.54 Å². The molecule has 5 heteroatoms. The van der Waals surface area contributed by atoms with Crippen molar-refractivity contribution in [2.24, 2.45) is 17.4 Å². The molecule has 4 N–H and O–H groups in total. The highest BCUT2D eigenvalue weighted by Gasteiger charge is 2.43. The third-order valence-corrected chi connectivity index (χ3v) is 5.56. The number of thioether (sulfide) groups is 1. The van der Waals surface area contributed by atoms with Crippen LogP contribution in [-0.4, -0.2) is 17.2 Å². The lowest BCUT2D eigenvalue weighted by molar-refractivity contribution is -0.124. The van der Waals surface area contributed by atoms with Gasteiger partial charge in [0.25, 0.3) is 0 Å². The van der Waals surface area contributed by atoms with Gasteiger partial charge in [0.2, 0.25) is 5.91 Å². The molecule has 2 atom stereocenters. The first kappa shape index (κ1) is 15.7. The molecule has 0 radical (unpaired) electrons. The molecule has 0 heterocycles. The predicted octanol–water partition coefficient (Wildman–Crippen LogP) is 2.95. The number of benzene rings is 1. The van der Waals surface area contributed by atoms with E-state index in [9.17, 15) is 4.79 Å². The minimum Gasteiger partial charge on any atom is -0.368 e. The molecule has 110 valence electrons. The molecule has 0 aliphatic heterocycles. The van der Waals surface area contributed by atoms with Crippen LogP contribution in [-0.2, 0) is 10.5 Å². The molecule has 1 aliphatic carbocycles. The maximum absolute atomic E-state index is 11.5. The van der Waals surface area contributed by atoms with Crippen molar-refractivity contribution < 1.29 is 4.79 Å². The first-order valence-corrected chi connectivity index (χ1v) is 8.47. The summed E-state index contributed by atoms with van der Waals surface area (Å²) >= 11 is 7.95. The number of primary amides is 1. The fraction of sp³-hybridized carbons (Fsp3) is 0.533. The number of carbonyl (C=O) groups is 1. The maximum atomic E-state index is 11.5. The van der Waals surface area contributed by atoms with Gasteiger partial charge in [-0.15, -0.1) is 0 Å². The Balaban J connectivity index is 1.79. The Hall–Kier alpha value is -0.710. The maximum Gasteiger partial charge on any atom is 0.237 e. The van der Waals surface area contributed by atoms with Gasteiger partial charge in [-0.05, 0) is 42.6 Å². The summed E-state index contributed by atoms with van der Waals surface area (Å²) in [7, 11) is 0. The van der Waals surface area contributed by atoms with Crippen LogP contribution in [0.1, 0.15) is 31.2 Å². The third-order valence-electron chi connectivity index (χ3n) is 4.16. The van der Waals surface area contributed by atoms with E-state index in [4.69, 9.17) is 23.1 Å². The number of hydrogen-bond acceptors (Lipinski definition) is 3. The average molecular weight is 313 g/mol. The molecule has 0 spiro atoms. The number of rotatable bonds is 6. The van der Waals surface area contributed by atoms with Gasteiger partial charge in [-0.2, -0.15) is 11.8 Å². The molecule has 1 aromatic carbocycles. The van der Waals surface area contributed by atoms with Crippen molar-refractivity contribution in [2.75, 3.05) is 5.75 Å². The molecule has 1 amide bonds. The molecule has 20 heavy (non-hydrogen) atoms. The SMILES string of the molecule is NC(=O)C1(N)CCCC1CCSCc1ccccc1Cl. The van der Waals surface area contributed by atoms with Crippen molar-refractivity contribution >= 4 is 29.3 Å². The molecule has 1 fully saturated rings. The fourth-order valence-electron chi connectivity index (χ4n) is 2.85. The topological polar surface area (TPSA) is 69.1 Å². The number of carbonyl (C=O) groups excluding carboxylic acids is 1. The summed E-state index contributed by atoms with van der Waals surface area (Å²) in [5.74, 6) is 1.73. The van der Waals surface area contributed by atoms with Crippen molar-refractivity contribution in [1.29, 1.82) is 0 Å². The third kappa shape index (κ3) is 3.48. The molecule has 3 nitrogen and oxygen atoms in total. The minimum atomic E-state index is -0.787. The van der Waals surface area contributed by atoms with Gasteiger partial charge >= 0.3 is 0 Å². The van der Waals surface area contributed by atoms with Crippen LogP contribution in [0.2, 0.25) is 5.02 Å². The summed E-state index contributed by atoms with van der Waals surface area (Å²) in [6.45, 7) is 0. The fourth-order valence-corrected chi connectivity index (χ4v) is 4.20. The molecule has 1 saturated carbocycles. The molecule has 2 rings (SSSR count). The molecular formula is C15H21ClN2OS. The van der Waals surface area contributed by atoms with Gasteiger partial charge in [0.15, 0.2) is 0 Å². The summed E-state index contributed by atoms with van der Waals surface area (Å²) < 4.78 is 0. The van der Waals surface area contributed by atoms with Crippen LogP contribution in [0.3, 0.4) is 0 Å². The van der Waals surface area contributed by atoms with Gasteiger partial charge in [-0.25, -0.2) is 0 Å². The molecule has 2 unspecified atom stereocenters. The van der Waals surface area contributed by atoms with Crippen molar-refractivity contribution in [2.45, 2.75) is 37.0 Å². The van der Waals surface area contributed by atoms with Crippen molar-refractivity contribution in [1.82, 2.24) is 0 Å². The number of amides is 1. The molecule has 1 aromatic rings. The smallest absolute Gasteiger partial charge is 0.237 e. The predicted molar refractivity (Wildman–Crippen MR) is 85.7 cm³/mol. The summed E-state index contributed by atoms with van der Waals surface area (Å²) in [6, 6.07) is 7.88. The zero-order valence-corrected chi connectivity index (χ0v) is 13.1. The van der Waals surface area contributed by atoms with Gasteiger partial charge in [-0.1, -0.05) is 36.2 Å². The van der Waals surface area contributed by atoms with Gasteiger partial charge in [-0.3, -0.25) is 4.79 Å². The van der Waals surface area contributed by atoms with Gasteiger partial charge in [0, 0.05) is 10.8 Å². The zero-order chi connectivity index (χ0) is 14.6. The molecule has 1 aliphatic rings.